The Kier molecular flexibility index (Phi) is 2.49. The lowest BCUT2D eigenvalue weighted by atomic mass is 9.98. The van der Waals surface area contributed by atoms with Gasteiger partial charge in [0.2, 0.25) is 0 Å². The zero-order valence-electron chi connectivity index (χ0n) is 8.49. The highest BCUT2D eigenvalue weighted by atomic mass is 16.5. The molecule has 0 bridgehead atoms. The van der Waals surface area contributed by atoms with Crippen molar-refractivity contribution in [2.45, 2.75) is 12.3 Å². The van der Waals surface area contributed by atoms with Gasteiger partial charge >= 0.3 is 5.97 Å². The Balaban J connectivity index is 2.27. The Morgan fingerprint density at radius 2 is 2.47 bits per heavy atom. The lowest BCUT2D eigenvalue weighted by molar-refractivity contribution is -0.137. The molecule has 4 nitrogen and oxygen atoms in total. The largest absolute Gasteiger partial charge is 0.497 e. The fraction of sp³-hybridized carbons (Fsp3) is 0.364. The average Bonchev–Trinajstić information content (AvgIpc) is 2.60. The van der Waals surface area contributed by atoms with Gasteiger partial charge in [-0.1, -0.05) is 0 Å². The number of hydrogen-bond acceptors (Lipinski definition) is 3. The van der Waals surface area contributed by atoms with E-state index in [1.807, 2.05) is 18.2 Å². The fourth-order valence-corrected chi connectivity index (χ4v) is 1.90. The van der Waals surface area contributed by atoms with Crippen LogP contribution in [0.5, 0.6) is 5.75 Å². The number of carbonyl (C=O) groups is 1. The van der Waals surface area contributed by atoms with Crippen LogP contribution < -0.4 is 10.1 Å². The molecule has 2 rings (SSSR count). The molecule has 15 heavy (non-hydrogen) atoms. The quantitative estimate of drug-likeness (QED) is 0.791. The van der Waals surface area contributed by atoms with Crippen molar-refractivity contribution >= 4 is 11.7 Å². The number of rotatable bonds is 3. The van der Waals surface area contributed by atoms with Crippen molar-refractivity contribution in [3.05, 3.63) is 23.8 Å². The molecule has 1 aliphatic rings. The van der Waals surface area contributed by atoms with Gasteiger partial charge in [-0.3, -0.25) is 4.79 Å². The molecule has 2 N–H and O–H groups in total. The van der Waals surface area contributed by atoms with E-state index >= 15 is 0 Å². The van der Waals surface area contributed by atoms with Gasteiger partial charge < -0.3 is 15.2 Å². The van der Waals surface area contributed by atoms with Crippen molar-refractivity contribution in [3.8, 4) is 5.75 Å². The lowest BCUT2D eigenvalue weighted by Crippen LogP contribution is -2.08. The van der Waals surface area contributed by atoms with Gasteiger partial charge in [-0.05, 0) is 23.8 Å². The van der Waals surface area contributed by atoms with E-state index < -0.39 is 5.97 Å². The topological polar surface area (TPSA) is 58.6 Å². The summed E-state index contributed by atoms with van der Waals surface area (Å²) in [6, 6.07) is 5.70. The highest BCUT2D eigenvalue weighted by molar-refractivity contribution is 5.71. The van der Waals surface area contributed by atoms with Crippen LogP contribution in [0.2, 0.25) is 0 Å². The van der Waals surface area contributed by atoms with Gasteiger partial charge in [0.1, 0.15) is 5.75 Å². The van der Waals surface area contributed by atoms with Crippen LogP contribution in [0.3, 0.4) is 0 Å². The van der Waals surface area contributed by atoms with Crippen molar-refractivity contribution in [1.82, 2.24) is 0 Å². The standard InChI is InChI=1S/C11H13NO3/c1-15-8-2-3-10-9(5-8)7(6-12-10)4-11(13)14/h2-3,5,7,12H,4,6H2,1H3,(H,13,14)/t7-/m0/s1. The lowest BCUT2D eigenvalue weighted by Gasteiger charge is -2.08. The first-order chi connectivity index (χ1) is 7.20. The number of benzene rings is 1. The zero-order valence-corrected chi connectivity index (χ0v) is 8.49. The Labute approximate surface area is 87.9 Å². The minimum absolute atomic E-state index is 0.0487. The fourth-order valence-electron chi connectivity index (χ4n) is 1.90. The molecule has 1 atom stereocenters. The molecule has 1 aliphatic heterocycles. The molecule has 0 radical (unpaired) electrons. The summed E-state index contributed by atoms with van der Waals surface area (Å²) in [4.78, 5) is 10.7. The van der Waals surface area contributed by atoms with Crippen LogP contribution in [0.25, 0.3) is 0 Å². The van der Waals surface area contributed by atoms with E-state index in [0.29, 0.717) is 6.54 Å². The third kappa shape index (κ3) is 1.88. The predicted octanol–water partition coefficient (Wildman–Crippen LogP) is 1.68. The Morgan fingerprint density at radius 1 is 1.67 bits per heavy atom. The Morgan fingerprint density at radius 3 is 3.13 bits per heavy atom. The van der Waals surface area contributed by atoms with Crippen LogP contribution in [-0.2, 0) is 4.79 Å². The third-order valence-electron chi connectivity index (χ3n) is 2.66. The molecule has 0 spiro atoms. The third-order valence-corrected chi connectivity index (χ3v) is 2.66. The first-order valence-electron chi connectivity index (χ1n) is 4.84. The van der Waals surface area contributed by atoms with E-state index in [9.17, 15) is 4.79 Å². The summed E-state index contributed by atoms with van der Waals surface area (Å²) in [6.45, 7) is 0.689. The molecule has 80 valence electrons. The van der Waals surface area contributed by atoms with Gasteiger partial charge in [-0.2, -0.15) is 0 Å². The van der Waals surface area contributed by atoms with E-state index in [4.69, 9.17) is 9.84 Å². The highest BCUT2D eigenvalue weighted by Gasteiger charge is 2.24. The van der Waals surface area contributed by atoms with Crippen LogP contribution in [-0.4, -0.2) is 24.7 Å². The molecule has 0 aromatic heterocycles. The summed E-state index contributed by atoms with van der Waals surface area (Å²) < 4.78 is 5.12. The SMILES string of the molecule is COc1ccc2c(c1)[C@@H](CC(=O)O)CN2. The number of hydrogen-bond donors (Lipinski definition) is 2. The van der Waals surface area contributed by atoms with E-state index in [1.165, 1.54) is 0 Å². The summed E-state index contributed by atoms with van der Waals surface area (Å²) in [7, 11) is 1.61. The van der Waals surface area contributed by atoms with E-state index in [-0.39, 0.29) is 12.3 Å². The van der Waals surface area contributed by atoms with Crippen molar-refractivity contribution < 1.29 is 14.6 Å². The maximum absolute atomic E-state index is 10.7. The van der Waals surface area contributed by atoms with Gasteiger partial charge in [-0.25, -0.2) is 0 Å². The second-order valence-corrected chi connectivity index (χ2v) is 3.63. The van der Waals surface area contributed by atoms with Crippen molar-refractivity contribution in [2.75, 3.05) is 19.0 Å². The highest BCUT2D eigenvalue weighted by Crippen LogP contribution is 2.35. The second-order valence-electron chi connectivity index (χ2n) is 3.63. The second kappa shape index (κ2) is 3.81. The van der Waals surface area contributed by atoms with E-state index in [2.05, 4.69) is 5.32 Å². The van der Waals surface area contributed by atoms with Crippen molar-refractivity contribution in [3.63, 3.8) is 0 Å². The van der Waals surface area contributed by atoms with Crippen LogP contribution >= 0.6 is 0 Å². The predicted molar refractivity (Wildman–Crippen MR) is 56.5 cm³/mol. The molecule has 0 saturated carbocycles. The average molecular weight is 207 g/mol. The molecule has 0 amide bonds. The number of ether oxygens (including phenoxy) is 1. The normalized spacial score (nSPS) is 18.1. The van der Waals surface area contributed by atoms with Crippen LogP contribution in [0.1, 0.15) is 17.9 Å². The number of carboxylic acids is 1. The Hall–Kier alpha value is -1.71. The summed E-state index contributed by atoms with van der Waals surface area (Å²) in [6.07, 6.45) is 0.160. The van der Waals surface area contributed by atoms with Gasteiger partial charge in [-0.15, -0.1) is 0 Å². The monoisotopic (exact) mass is 207 g/mol. The smallest absolute Gasteiger partial charge is 0.304 e. The van der Waals surface area contributed by atoms with Crippen LogP contribution in [0.15, 0.2) is 18.2 Å². The molecule has 0 aliphatic carbocycles. The first kappa shape index (κ1) is 9.83. The number of fused-ring (bicyclic) bond motifs is 1. The zero-order chi connectivity index (χ0) is 10.8. The molecule has 1 heterocycles. The van der Waals surface area contributed by atoms with Crippen molar-refractivity contribution in [1.29, 1.82) is 0 Å². The minimum Gasteiger partial charge on any atom is -0.497 e. The molecule has 0 saturated heterocycles. The van der Waals surface area contributed by atoms with Crippen molar-refractivity contribution in [2.24, 2.45) is 0 Å². The molecule has 1 aromatic rings. The maximum atomic E-state index is 10.7. The van der Waals surface area contributed by atoms with Gasteiger partial charge in [0, 0.05) is 18.2 Å². The van der Waals surface area contributed by atoms with Gasteiger partial charge in [0.05, 0.1) is 13.5 Å². The number of nitrogens with one attached hydrogen (secondary N) is 1. The molecule has 0 fully saturated rings. The van der Waals surface area contributed by atoms with Crippen LogP contribution in [0, 0.1) is 0 Å². The maximum Gasteiger partial charge on any atom is 0.304 e. The van der Waals surface area contributed by atoms with Gasteiger partial charge in [0.15, 0.2) is 0 Å². The first-order valence-corrected chi connectivity index (χ1v) is 4.84. The molecule has 1 aromatic carbocycles. The summed E-state index contributed by atoms with van der Waals surface area (Å²) in [5.41, 5.74) is 2.05. The molecular weight excluding hydrogens is 194 g/mol. The Bertz CT molecular complexity index is 389. The molecular formula is C11H13NO3. The van der Waals surface area contributed by atoms with E-state index in [0.717, 1.165) is 17.0 Å². The number of carboxylic acid groups (broad SMARTS) is 1. The summed E-state index contributed by atoms with van der Waals surface area (Å²) in [5.74, 6) is 0.0536. The number of methoxy groups -OCH3 is 1. The molecule has 4 heteroatoms. The van der Waals surface area contributed by atoms with E-state index in [1.54, 1.807) is 7.11 Å². The number of aliphatic carboxylic acids is 1. The molecule has 0 unspecified atom stereocenters. The van der Waals surface area contributed by atoms with Gasteiger partial charge in [0.25, 0.3) is 0 Å². The minimum atomic E-state index is -0.766. The van der Waals surface area contributed by atoms with Crippen LogP contribution in [0.4, 0.5) is 5.69 Å². The summed E-state index contributed by atoms with van der Waals surface area (Å²) >= 11 is 0. The number of anilines is 1. The summed E-state index contributed by atoms with van der Waals surface area (Å²) in [5, 5.41) is 12.0.